The lowest BCUT2D eigenvalue weighted by molar-refractivity contribution is -0.126. The Morgan fingerprint density at radius 1 is 1.42 bits per heavy atom. The molecule has 0 radical (unpaired) electrons. The summed E-state index contributed by atoms with van der Waals surface area (Å²) >= 11 is 0. The zero-order chi connectivity index (χ0) is 18.1. The van der Waals surface area contributed by atoms with Gasteiger partial charge < -0.3 is 14.8 Å². The fourth-order valence-electron chi connectivity index (χ4n) is 3.55. The number of aromatic amines is 1. The summed E-state index contributed by atoms with van der Waals surface area (Å²) in [4.78, 5) is 27.8. The Hall–Kier alpha value is -3.15. The van der Waals surface area contributed by atoms with Crippen LogP contribution in [-0.2, 0) is 4.79 Å². The number of rotatable bonds is 4. The van der Waals surface area contributed by atoms with Crippen LogP contribution >= 0.6 is 0 Å². The first-order chi connectivity index (χ1) is 12.7. The molecule has 0 unspecified atom stereocenters. The monoisotopic (exact) mass is 347 g/mol. The van der Waals surface area contributed by atoms with E-state index in [0.717, 1.165) is 47.4 Å². The third-order valence-corrected chi connectivity index (χ3v) is 5.11. The average Bonchev–Trinajstić information content (AvgIpc) is 3.34. The number of nitrogens with zero attached hydrogens (tertiary/aromatic N) is 4. The van der Waals surface area contributed by atoms with Gasteiger partial charge >= 0.3 is 0 Å². The molecule has 1 fully saturated rings. The standard InChI is InChI=1S/C20H21N5O/c1-3-19(26)24(2)15-6-9-25(13-15)16-10-17-18(12-23-20(17)22-11-16)14-4-7-21-8-5-14/h3-5,7-8,10-12,15H,1,6,9,13H2,2H3,(H,22,23)/t15-/m0/s1. The topological polar surface area (TPSA) is 65.1 Å². The highest BCUT2D eigenvalue weighted by molar-refractivity contribution is 5.95. The molecule has 1 aliphatic rings. The van der Waals surface area contributed by atoms with Crippen molar-refractivity contribution in [2.75, 3.05) is 25.0 Å². The Bertz CT molecular complexity index is 949. The van der Waals surface area contributed by atoms with Gasteiger partial charge in [0, 0.05) is 49.7 Å². The summed E-state index contributed by atoms with van der Waals surface area (Å²) in [7, 11) is 1.84. The van der Waals surface area contributed by atoms with E-state index >= 15 is 0 Å². The maximum Gasteiger partial charge on any atom is 0.246 e. The van der Waals surface area contributed by atoms with E-state index in [0.29, 0.717) is 0 Å². The van der Waals surface area contributed by atoms with Crippen molar-refractivity contribution in [3.63, 3.8) is 0 Å². The number of carbonyl (C=O) groups excluding carboxylic acids is 1. The van der Waals surface area contributed by atoms with Crippen molar-refractivity contribution in [1.29, 1.82) is 0 Å². The lowest BCUT2D eigenvalue weighted by Gasteiger charge is -2.24. The van der Waals surface area contributed by atoms with E-state index in [9.17, 15) is 4.79 Å². The Morgan fingerprint density at radius 2 is 2.23 bits per heavy atom. The molecule has 132 valence electrons. The van der Waals surface area contributed by atoms with Crippen LogP contribution < -0.4 is 4.90 Å². The van der Waals surface area contributed by atoms with Gasteiger partial charge in [0.25, 0.3) is 0 Å². The van der Waals surface area contributed by atoms with Crippen molar-refractivity contribution in [3.05, 3.63) is 55.6 Å². The van der Waals surface area contributed by atoms with Gasteiger partial charge in [-0.15, -0.1) is 0 Å². The fraction of sp³-hybridized carbons (Fsp3) is 0.250. The predicted octanol–water partition coefficient (Wildman–Crippen LogP) is 2.85. The van der Waals surface area contributed by atoms with Crippen LogP contribution in [0.5, 0.6) is 0 Å². The molecule has 4 rings (SSSR count). The maximum absolute atomic E-state index is 11.9. The van der Waals surface area contributed by atoms with Crippen molar-refractivity contribution in [1.82, 2.24) is 19.9 Å². The number of hydrogen-bond acceptors (Lipinski definition) is 4. The van der Waals surface area contributed by atoms with Crippen LogP contribution in [0.15, 0.2) is 55.6 Å². The summed E-state index contributed by atoms with van der Waals surface area (Å²) in [6.45, 7) is 5.28. The highest BCUT2D eigenvalue weighted by Crippen LogP contribution is 2.31. The molecule has 0 aromatic carbocycles. The van der Waals surface area contributed by atoms with Gasteiger partial charge in [-0.2, -0.15) is 0 Å². The highest BCUT2D eigenvalue weighted by atomic mass is 16.2. The summed E-state index contributed by atoms with van der Waals surface area (Å²) < 4.78 is 0. The van der Waals surface area contributed by atoms with E-state index in [2.05, 4.69) is 32.5 Å². The minimum atomic E-state index is -0.0314. The molecule has 26 heavy (non-hydrogen) atoms. The number of likely N-dealkylation sites (N-methyl/N-ethyl adjacent to an activating group) is 1. The first-order valence-corrected chi connectivity index (χ1v) is 8.69. The molecule has 6 nitrogen and oxygen atoms in total. The molecule has 3 aromatic heterocycles. The number of carbonyl (C=O) groups is 1. The number of hydrogen-bond donors (Lipinski definition) is 1. The molecule has 1 saturated heterocycles. The third kappa shape index (κ3) is 2.83. The van der Waals surface area contributed by atoms with Crippen LogP contribution in [-0.4, -0.2) is 51.9 Å². The number of amides is 1. The van der Waals surface area contributed by atoms with Crippen LogP contribution in [0, 0.1) is 0 Å². The molecular weight excluding hydrogens is 326 g/mol. The second kappa shape index (κ2) is 6.63. The summed E-state index contributed by atoms with van der Waals surface area (Å²) in [5, 5.41) is 1.09. The highest BCUT2D eigenvalue weighted by Gasteiger charge is 2.28. The number of H-pyrrole nitrogens is 1. The lowest BCUT2D eigenvalue weighted by Crippen LogP contribution is -2.38. The van der Waals surface area contributed by atoms with Gasteiger partial charge in [-0.05, 0) is 36.3 Å². The lowest BCUT2D eigenvalue weighted by atomic mass is 10.1. The molecule has 3 aromatic rings. The molecule has 1 N–H and O–H groups in total. The second-order valence-electron chi connectivity index (χ2n) is 6.57. The van der Waals surface area contributed by atoms with E-state index in [1.165, 1.54) is 6.08 Å². The quantitative estimate of drug-likeness (QED) is 0.737. The van der Waals surface area contributed by atoms with Gasteiger partial charge in [0.2, 0.25) is 5.91 Å². The van der Waals surface area contributed by atoms with Crippen LogP contribution in [0.2, 0.25) is 0 Å². The predicted molar refractivity (Wildman–Crippen MR) is 103 cm³/mol. The summed E-state index contributed by atoms with van der Waals surface area (Å²) in [5.74, 6) is -0.0314. The van der Waals surface area contributed by atoms with Crippen LogP contribution in [0.25, 0.3) is 22.2 Å². The van der Waals surface area contributed by atoms with Crippen LogP contribution in [0.3, 0.4) is 0 Å². The van der Waals surface area contributed by atoms with E-state index < -0.39 is 0 Å². The number of aromatic nitrogens is 3. The van der Waals surface area contributed by atoms with Crippen LogP contribution in [0.1, 0.15) is 6.42 Å². The van der Waals surface area contributed by atoms with Crippen molar-refractivity contribution >= 4 is 22.6 Å². The van der Waals surface area contributed by atoms with E-state index in [4.69, 9.17) is 0 Å². The van der Waals surface area contributed by atoms with Gasteiger partial charge in [0.1, 0.15) is 5.65 Å². The average molecular weight is 347 g/mol. The van der Waals surface area contributed by atoms with E-state index in [-0.39, 0.29) is 11.9 Å². The molecule has 0 spiro atoms. The van der Waals surface area contributed by atoms with Gasteiger partial charge in [-0.25, -0.2) is 4.98 Å². The molecule has 6 heteroatoms. The van der Waals surface area contributed by atoms with Crippen molar-refractivity contribution < 1.29 is 4.79 Å². The number of nitrogens with one attached hydrogen (secondary N) is 1. The minimum Gasteiger partial charge on any atom is -0.368 e. The summed E-state index contributed by atoms with van der Waals surface area (Å²) in [5.41, 5.74) is 4.18. The fourth-order valence-corrected chi connectivity index (χ4v) is 3.55. The molecule has 1 atom stereocenters. The Kier molecular flexibility index (Phi) is 4.16. The largest absolute Gasteiger partial charge is 0.368 e. The Morgan fingerprint density at radius 3 is 3.00 bits per heavy atom. The van der Waals surface area contributed by atoms with Crippen LogP contribution in [0.4, 0.5) is 5.69 Å². The first kappa shape index (κ1) is 16.3. The molecule has 4 heterocycles. The van der Waals surface area contributed by atoms with Gasteiger partial charge in [-0.1, -0.05) is 6.58 Å². The molecule has 0 bridgehead atoms. The molecule has 1 aliphatic heterocycles. The zero-order valence-corrected chi connectivity index (χ0v) is 14.7. The van der Waals surface area contributed by atoms with Gasteiger partial charge in [0.05, 0.1) is 17.9 Å². The molecule has 0 saturated carbocycles. The van der Waals surface area contributed by atoms with Crippen molar-refractivity contribution in [2.24, 2.45) is 0 Å². The van der Waals surface area contributed by atoms with E-state index in [1.54, 1.807) is 17.3 Å². The smallest absolute Gasteiger partial charge is 0.246 e. The SMILES string of the molecule is C=CC(=O)N(C)[C@H]1CCN(c2cnc3[nH]cc(-c4ccncc4)c3c2)C1. The molecule has 0 aliphatic carbocycles. The molecular formula is C20H21N5O. The summed E-state index contributed by atoms with van der Waals surface area (Å²) in [6.07, 6.45) is 9.79. The molecule has 1 amide bonds. The zero-order valence-electron chi connectivity index (χ0n) is 14.7. The number of pyridine rings is 2. The van der Waals surface area contributed by atoms with Gasteiger partial charge in [0.15, 0.2) is 0 Å². The maximum atomic E-state index is 11.9. The first-order valence-electron chi connectivity index (χ1n) is 8.69. The Balaban J connectivity index is 1.62. The number of fused-ring (bicyclic) bond motifs is 1. The third-order valence-electron chi connectivity index (χ3n) is 5.11. The van der Waals surface area contributed by atoms with Gasteiger partial charge in [-0.3, -0.25) is 9.78 Å². The van der Waals surface area contributed by atoms with Crippen molar-refractivity contribution in [3.8, 4) is 11.1 Å². The summed E-state index contributed by atoms with van der Waals surface area (Å²) in [6, 6.07) is 6.36. The second-order valence-corrected chi connectivity index (χ2v) is 6.57. The minimum absolute atomic E-state index is 0.0314. The Labute approximate surface area is 152 Å². The van der Waals surface area contributed by atoms with Crippen molar-refractivity contribution in [2.45, 2.75) is 12.5 Å². The van der Waals surface area contributed by atoms with E-state index in [1.807, 2.05) is 31.6 Å². The normalized spacial score (nSPS) is 16.8. The number of anilines is 1.